The molecule has 0 unspecified atom stereocenters. The van der Waals surface area contributed by atoms with E-state index in [2.05, 4.69) is 64.1 Å². The lowest BCUT2D eigenvalue weighted by molar-refractivity contribution is 1.09. The van der Waals surface area contributed by atoms with Crippen LogP contribution in [-0.4, -0.2) is 4.98 Å². The predicted octanol–water partition coefficient (Wildman–Crippen LogP) is 3.92. The fourth-order valence-corrected chi connectivity index (χ4v) is 2.51. The summed E-state index contributed by atoms with van der Waals surface area (Å²) in [5, 5.41) is 4.60. The second-order valence-corrected chi connectivity index (χ2v) is 5.88. The van der Waals surface area contributed by atoms with Crippen molar-refractivity contribution in [3.8, 4) is 0 Å². The van der Waals surface area contributed by atoms with Crippen LogP contribution in [-0.2, 0) is 13.0 Å². The Morgan fingerprint density at radius 3 is 2.69 bits per heavy atom. The van der Waals surface area contributed by atoms with E-state index < -0.39 is 0 Å². The van der Waals surface area contributed by atoms with Crippen LogP contribution in [0, 0.1) is 3.57 Å². The number of halogens is 1. The van der Waals surface area contributed by atoms with E-state index in [0.717, 1.165) is 18.7 Å². The summed E-state index contributed by atoms with van der Waals surface area (Å²) in [5.74, 6) is 0. The number of aryl methyl sites for hydroxylation is 1. The van der Waals surface area contributed by atoms with E-state index in [1.165, 1.54) is 13.5 Å². The summed E-state index contributed by atoms with van der Waals surface area (Å²) in [7, 11) is 0. The Morgan fingerprint density at radius 2 is 2.06 bits per heavy atom. The van der Waals surface area contributed by atoms with Crippen LogP contribution in [0.2, 0.25) is 0 Å². The number of hydrogen-bond acceptors (Lipinski definition) is 3. The zero-order valence-electron chi connectivity index (χ0n) is 9.03. The lowest BCUT2D eigenvalue weighted by Crippen LogP contribution is -1.96. The molecule has 0 atom stereocenters. The van der Waals surface area contributed by atoms with Gasteiger partial charge in [-0.05, 0) is 53.3 Å². The van der Waals surface area contributed by atoms with Gasteiger partial charge in [-0.15, -0.1) is 11.3 Å². The van der Waals surface area contributed by atoms with E-state index in [9.17, 15) is 0 Å². The van der Waals surface area contributed by atoms with Gasteiger partial charge in [0.1, 0.15) is 0 Å². The van der Waals surface area contributed by atoms with Crippen LogP contribution >= 0.6 is 33.9 Å². The number of rotatable bonds is 4. The molecular weight excluding hydrogens is 331 g/mol. The Balaban J connectivity index is 1.94. The minimum atomic E-state index is 0.859. The second kappa shape index (κ2) is 5.63. The van der Waals surface area contributed by atoms with Gasteiger partial charge in [0.05, 0.1) is 11.6 Å². The van der Waals surface area contributed by atoms with Crippen molar-refractivity contribution >= 4 is 39.6 Å². The van der Waals surface area contributed by atoms with E-state index in [4.69, 9.17) is 0 Å². The fraction of sp³-hybridized carbons (Fsp3) is 0.250. The molecule has 0 aliphatic rings. The van der Waals surface area contributed by atoms with Gasteiger partial charge in [0.15, 0.2) is 0 Å². The van der Waals surface area contributed by atoms with Crippen molar-refractivity contribution in [2.24, 2.45) is 0 Å². The summed E-state index contributed by atoms with van der Waals surface area (Å²) in [5.41, 5.74) is 1.16. The van der Waals surface area contributed by atoms with E-state index in [1.807, 2.05) is 6.20 Å². The molecule has 2 aromatic rings. The molecule has 16 heavy (non-hydrogen) atoms. The first-order valence-corrected chi connectivity index (χ1v) is 7.10. The van der Waals surface area contributed by atoms with E-state index in [1.54, 1.807) is 11.3 Å². The maximum absolute atomic E-state index is 4.34. The zero-order chi connectivity index (χ0) is 11.4. The summed E-state index contributed by atoms with van der Waals surface area (Å²) in [6.07, 6.45) is 2.98. The third-order valence-corrected chi connectivity index (χ3v) is 4.08. The van der Waals surface area contributed by atoms with Gasteiger partial charge in [-0.3, -0.25) is 0 Å². The van der Waals surface area contributed by atoms with Gasteiger partial charge in [-0.2, -0.15) is 0 Å². The topological polar surface area (TPSA) is 24.9 Å². The van der Waals surface area contributed by atoms with E-state index >= 15 is 0 Å². The van der Waals surface area contributed by atoms with Crippen molar-refractivity contribution in [2.75, 3.05) is 5.32 Å². The van der Waals surface area contributed by atoms with Crippen LogP contribution < -0.4 is 5.32 Å². The molecule has 0 amide bonds. The van der Waals surface area contributed by atoms with Gasteiger partial charge in [-0.1, -0.05) is 6.92 Å². The SMILES string of the molecule is CCc1ncc(CNc2ccc(I)cc2)s1. The average Bonchev–Trinajstić information content (AvgIpc) is 2.76. The van der Waals surface area contributed by atoms with Crippen molar-refractivity contribution < 1.29 is 0 Å². The van der Waals surface area contributed by atoms with Gasteiger partial charge in [0.2, 0.25) is 0 Å². The van der Waals surface area contributed by atoms with Crippen LogP contribution in [0.15, 0.2) is 30.5 Å². The minimum Gasteiger partial charge on any atom is -0.380 e. The van der Waals surface area contributed by atoms with Gasteiger partial charge in [0, 0.05) is 20.3 Å². The quantitative estimate of drug-likeness (QED) is 0.851. The molecule has 84 valence electrons. The summed E-state index contributed by atoms with van der Waals surface area (Å²) in [6.45, 7) is 2.99. The molecule has 0 spiro atoms. The van der Waals surface area contributed by atoms with Gasteiger partial charge in [0.25, 0.3) is 0 Å². The van der Waals surface area contributed by atoms with Crippen LogP contribution in [0.3, 0.4) is 0 Å². The average molecular weight is 344 g/mol. The largest absolute Gasteiger partial charge is 0.380 e. The highest BCUT2D eigenvalue weighted by molar-refractivity contribution is 14.1. The standard InChI is InChI=1S/C12H13IN2S/c1-2-12-15-8-11(16-12)7-14-10-5-3-9(13)4-6-10/h3-6,8,14H,2,7H2,1H3. The van der Waals surface area contributed by atoms with E-state index in [0.29, 0.717) is 0 Å². The maximum atomic E-state index is 4.34. The van der Waals surface area contributed by atoms with Crippen molar-refractivity contribution in [1.29, 1.82) is 0 Å². The number of aromatic nitrogens is 1. The number of benzene rings is 1. The van der Waals surface area contributed by atoms with Gasteiger partial charge >= 0.3 is 0 Å². The molecule has 0 aliphatic carbocycles. The molecule has 0 saturated carbocycles. The second-order valence-electron chi connectivity index (χ2n) is 3.43. The van der Waals surface area contributed by atoms with Crippen molar-refractivity contribution in [3.05, 3.63) is 43.9 Å². The van der Waals surface area contributed by atoms with E-state index in [-0.39, 0.29) is 0 Å². The first-order valence-electron chi connectivity index (χ1n) is 5.21. The van der Waals surface area contributed by atoms with Gasteiger partial charge in [-0.25, -0.2) is 4.98 Å². The van der Waals surface area contributed by atoms with Crippen LogP contribution in [0.1, 0.15) is 16.8 Å². The summed E-state index contributed by atoms with van der Waals surface area (Å²) >= 11 is 4.09. The summed E-state index contributed by atoms with van der Waals surface area (Å²) in [6, 6.07) is 8.41. The molecule has 1 N–H and O–H groups in total. The Kier molecular flexibility index (Phi) is 4.17. The highest BCUT2D eigenvalue weighted by Gasteiger charge is 1.99. The molecule has 2 rings (SSSR count). The molecule has 0 fully saturated rings. The van der Waals surface area contributed by atoms with Crippen LogP contribution in [0.4, 0.5) is 5.69 Å². The third-order valence-electron chi connectivity index (χ3n) is 2.21. The van der Waals surface area contributed by atoms with Crippen molar-refractivity contribution in [1.82, 2.24) is 4.98 Å². The number of nitrogens with one attached hydrogen (secondary N) is 1. The molecule has 1 aromatic heterocycles. The molecule has 1 aromatic carbocycles. The summed E-state index contributed by atoms with van der Waals surface area (Å²) < 4.78 is 1.26. The minimum absolute atomic E-state index is 0.859. The van der Waals surface area contributed by atoms with Gasteiger partial charge < -0.3 is 5.32 Å². The fourth-order valence-electron chi connectivity index (χ4n) is 1.35. The molecule has 1 heterocycles. The number of anilines is 1. The molecule has 0 radical (unpaired) electrons. The first-order chi connectivity index (χ1) is 7.78. The Labute approximate surface area is 113 Å². The van der Waals surface area contributed by atoms with Crippen LogP contribution in [0.5, 0.6) is 0 Å². The molecule has 0 saturated heterocycles. The van der Waals surface area contributed by atoms with Crippen LogP contribution in [0.25, 0.3) is 0 Å². The Hall–Kier alpha value is -0.620. The number of hydrogen-bond donors (Lipinski definition) is 1. The predicted molar refractivity (Wildman–Crippen MR) is 78.0 cm³/mol. The lowest BCUT2D eigenvalue weighted by atomic mass is 10.3. The Bertz CT molecular complexity index is 450. The smallest absolute Gasteiger partial charge is 0.0925 e. The normalized spacial score (nSPS) is 10.4. The zero-order valence-corrected chi connectivity index (χ0v) is 12.0. The highest BCUT2D eigenvalue weighted by Crippen LogP contribution is 2.16. The highest BCUT2D eigenvalue weighted by atomic mass is 127. The van der Waals surface area contributed by atoms with Crippen molar-refractivity contribution in [3.63, 3.8) is 0 Å². The number of thiazole rings is 1. The molecule has 0 bridgehead atoms. The molecule has 4 heteroatoms. The molecule has 2 nitrogen and oxygen atoms in total. The molecule has 0 aliphatic heterocycles. The van der Waals surface area contributed by atoms with Crippen molar-refractivity contribution in [2.45, 2.75) is 19.9 Å². The lowest BCUT2D eigenvalue weighted by Gasteiger charge is -2.03. The number of nitrogens with zero attached hydrogens (tertiary/aromatic N) is 1. The monoisotopic (exact) mass is 344 g/mol. The summed E-state index contributed by atoms with van der Waals surface area (Å²) in [4.78, 5) is 5.63. The maximum Gasteiger partial charge on any atom is 0.0925 e. The first kappa shape index (κ1) is 11.9. The Morgan fingerprint density at radius 1 is 1.31 bits per heavy atom. The third kappa shape index (κ3) is 3.18. The molecular formula is C12H13IN2S.